The van der Waals surface area contributed by atoms with E-state index in [1.54, 1.807) is 0 Å². The first-order valence-corrected chi connectivity index (χ1v) is 4.06. The van der Waals surface area contributed by atoms with Crippen LogP contribution in [0.2, 0.25) is 0 Å². The molecule has 0 aromatic carbocycles. The van der Waals surface area contributed by atoms with E-state index in [9.17, 15) is 4.79 Å². The van der Waals surface area contributed by atoms with Crippen molar-refractivity contribution in [3.8, 4) is 0 Å². The van der Waals surface area contributed by atoms with Crippen LogP contribution in [0.3, 0.4) is 0 Å². The zero-order chi connectivity index (χ0) is 8.15. The molecule has 0 amide bonds. The van der Waals surface area contributed by atoms with Crippen molar-refractivity contribution in [2.75, 3.05) is 0 Å². The molecule has 4 heteroatoms. The Bertz CT molecular complexity index is 116. The van der Waals surface area contributed by atoms with Crippen LogP contribution in [-0.4, -0.2) is 27.1 Å². The fourth-order valence-corrected chi connectivity index (χ4v) is 0.871. The van der Waals surface area contributed by atoms with Crippen molar-refractivity contribution in [3.63, 3.8) is 0 Å². The smallest absolute Gasteiger partial charge is 0.319 e. The molecule has 0 saturated heterocycles. The van der Waals surface area contributed by atoms with Crippen molar-refractivity contribution in [1.29, 1.82) is 0 Å². The first-order chi connectivity index (χ1) is 4.59. The maximum absolute atomic E-state index is 10.2. The van der Waals surface area contributed by atoms with E-state index in [-0.39, 0.29) is 0 Å². The minimum absolute atomic E-state index is 0.516. The Balaban J connectivity index is 3.69. The number of rotatable bonds is 4. The number of hydrogen-bond donors (Lipinski definition) is 2. The predicted octanol–water partition coefficient (Wildman–Crippen LogP) is 0.996. The summed E-state index contributed by atoms with van der Waals surface area (Å²) in [6, 6.07) is 0. The lowest BCUT2D eigenvalue weighted by Gasteiger charge is -2.11. The average Bonchev–Trinajstić information content (AvgIpc) is 1.87. The van der Waals surface area contributed by atoms with Crippen LogP contribution in [0.4, 0.5) is 0 Å². The van der Waals surface area contributed by atoms with E-state index in [0.717, 1.165) is 6.42 Å². The van der Waals surface area contributed by atoms with E-state index in [1.165, 1.54) is 0 Å². The normalized spacial score (nSPS) is 16.3. The number of alkyl halides is 1. The fraction of sp³-hybridized carbons (Fsp3) is 0.833. The van der Waals surface area contributed by atoms with Crippen molar-refractivity contribution in [1.82, 2.24) is 0 Å². The van der Waals surface area contributed by atoms with Gasteiger partial charge >= 0.3 is 5.97 Å². The Kier molecular flexibility index (Phi) is 4.64. The van der Waals surface area contributed by atoms with Crippen LogP contribution in [0, 0.1) is 0 Å². The van der Waals surface area contributed by atoms with Crippen LogP contribution in [0.1, 0.15) is 19.8 Å². The summed E-state index contributed by atoms with van der Waals surface area (Å²) < 4.78 is 0. The highest BCUT2D eigenvalue weighted by molar-refractivity contribution is 9.10. The molecular weight excluding hydrogens is 200 g/mol. The molecule has 60 valence electrons. The van der Waals surface area contributed by atoms with Crippen molar-refractivity contribution in [3.05, 3.63) is 0 Å². The van der Waals surface area contributed by atoms with Crippen LogP contribution in [-0.2, 0) is 4.79 Å². The van der Waals surface area contributed by atoms with Crippen molar-refractivity contribution in [2.45, 2.75) is 30.7 Å². The largest absolute Gasteiger partial charge is 0.480 e. The van der Waals surface area contributed by atoms with Gasteiger partial charge in [0.2, 0.25) is 0 Å². The molecule has 0 fully saturated rings. The average molecular weight is 211 g/mol. The van der Waals surface area contributed by atoms with Crippen molar-refractivity contribution < 1.29 is 15.0 Å². The first kappa shape index (κ1) is 9.91. The molecule has 0 aliphatic heterocycles. The molecular formula is C6H11BrO3. The standard InChI is InChI=1S/C6H11BrO3/c1-2-3-4(8)5(7)6(9)10/h4-5,8H,2-3H2,1H3,(H,9,10). The van der Waals surface area contributed by atoms with Crippen LogP contribution in [0.5, 0.6) is 0 Å². The molecule has 0 rings (SSSR count). The van der Waals surface area contributed by atoms with Crippen LogP contribution >= 0.6 is 15.9 Å². The van der Waals surface area contributed by atoms with E-state index in [1.807, 2.05) is 6.92 Å². The van der Waals surface area contributed by atoms with E-state index in [4.69, 9.17) is 10.2 Å². The molecule has 10 heavy (non-hydrogen) atoms. The third-order valence-electron chi connectivity index (χ3n) is 1.16. The number of carboxylic acids is 1. The second kappa shape index (κ2) is 4.68. The Morgan fingerprint density at radius 3 is 2.50 bits per heavy atom. The second-order valence-corrected chi connectivity index (χ2v) is 3.08. The quantitative estimate of drug-likeness (QED) is 0.682. The second-order valence-electron chi connectivity index (χ2n) is 2.10. The molecule has 3 nitrogen and oxygen atoms in total. The number of aliphatic hydroxyl groups excluding tert-OH is 1. The van der Waals surface area contributed by atoms with E-state index >= 15 is 0 Å². The van der Waals surface area contributed by atoms with E-state index in [0.29, 0.717) is 6.42 Å². The van der Waals surface area contributed by atoms with Gasteiger partial charge in [-0.05, 0) is 6.42 Å². The van der Waals surface area contributed by atoms with Crippen LogP contribution in [0.15, 0.2) is 0 Å². The maximum Gasteiger partial charge on any atom is 0.319 e. The number of aliphatic carboxylic acids is 1. The molecule has 2 unspecified atom stereocenters. The molecule has 0 saturated carbocycles. The summed E-state index contributed by atoms with van der Waals surface area (Å²) in [5.41, 5.74) is 0. The predicted molar refractivity (Wildman–Crippen MR) is 41.3 cm³/mol. The van der Waals surface area contributed by atoms with Gasteiger partial charge in [0.15, 0.2) is 0 Å². The van der Waals surface area contributed by atoms with E-state index in [2.05, 4.69) is 15.9 Å². The molecule has 0 spiro atoms. The Morgan fingerprint density at radius 2 is 2.20 bits per heavy atom. The Hall–Kier alpha value is -0.0900. The lowest BCUT2D eigenvalue weighted by molar-refractivity contribution is -0.138. The van der Waals surface area contributed by atoms with Gasteiger partial charge in [-0.15, -0.1) is 0 Å². The summed E-state index contributed by atoms with van der Waals surface area (Å²) >= 11 is 2.86. The molecule has 0 aromatic heterocycles. The van der Waals surface area contributed by atoms with Gasteiger partial charge in [-0.3, -0.25) is 4.79 Å². The van der Waals surface area contributed by atoms with Gasteiger partial charge in [0, 0.05) is 0 Å². The third kappa shape index (κ3) is 3.17. The first-order valence-electron chi connectivity index (χ1n) is 3.14. The van der Waals surface area contributed by atoms with Gasteiger partial charge < -0.3 is 10.2 Å². The van der Waals surface area contributed by atoms with E-state index < -0.39 is 16.9 Å². The summed E-state index contributed by atoms with van der Waals surface area (Å²) in [6.07, 6.45) is 0.529. The summed E-state index contributed by atoms with van der Waals surface area (Å²) in [6.45, 7) is 1.89. The highest BCUT2D eigenvalue weighted by atomic mass is 79.9. The molecule has 0 aliphatic carbocycles. The molecule has 0 bridgehead atoms. The van der Waals surface area contributed by atoms with Gasteiger partial charge in [0.25, 0.3) is 0 Å². The number of carboxylic acid groups (broad SMARTS) is 1. The lowest BCUT2D eigenvalue weighted by Crippen LogP contribution is -2.27. The van der Waals surface area contributed by atoms with Crippen LogP contribution < -0.4 is 0 Å². The zero-order valence-corrected chi connectivity index (χ0v) is 7.34. The van der Waals surface area contributed by atoms with Crippen molar-refractivity contribution >= 4 is 21.9 Å². The lowest BCUT2D eigenvalue weighted by atomic mass is 10.1. The van der Waals surface area contributed by atoms with Crippen LogP contribution in [0.25, 0.3) is 0 Å². The molecule has 2 atom stereocenters. The maximum atomic E-state index is 10.2. The minimum Gasteiger partial charge on any atom is -0.480 e. The molecule has 0 aromatic rings. The summed E-state index contributed by atoms with van der Waals surface area (Å²) in [7, 11) is 0. The monoisotopic (exact) mass is 210 g/mol. The van der Waals surface area contributed by atoms with Gasteiger partial charge in [-0.25, -0.2) is 0 Å². The number of hydrogen-bond acceptors (Lipinski definition) is 2. The zero-order valence-electron chi connectivity index (χ0n) is 5.75. The van der Waals surface area contributed by atoms with Gasteiger partial charge in [-0.2, -0.15) is 0 Å². The molecule has 0 radical (unpaired) electrons. The SMILES string of the molecule is CCCC(O)C(Br)C(=O)O. The molecule has 0 aliphatic rings. The van der Waals surface area contributed by atoms with Crippen molar-refractivity contribution in [2.24, 2.45) is 0 Å². The molecule has 0 heterocycles. The van der Waals surface area contributed by atoms with Gasteiger partial charge in [0.1, 0.15) is 4.83 Å². The number of halogens is 1. The molecule has 2 N–H and O–H groups in total. The number of aliphatic hydroxyl groups is 1. The highest BCUT2D eigenvalue weighted by Gasteiger charge is 2.21. The van der Waals surface area contributed by atoms with Gasteiger partial charge in [-0.1, -0.05) is 29.3 Å². The van der Waals surface area contributed by atoms with Gasteiger partial charge in [0.05, 0.1) is 6.10 Å². The summed E-state index contributed by atoms with van der Waals surface area (Å²) in [5, 5.41) is 17.4. The summed E-state index contributed by atoms with van der Waals surface area (Å²) in [5.74, 6) is -1.01. The third-order valence-corrected chi connectivity index (χ3v) is 2.16. The summed E-state index contributed by atoms with van der Waals surface area (Å²) in [4.78, 5) is 9.38. The Morgan fingerprint density at radius 1 is 1.70 bits per heavy atom. The fourth-order valence-electron chi connectivity index (χ4n) is 0.607. The number of carbonyl (C=O) groups is 1. The topological polar surface area (TPSA) is 57.5 Å². The highest BCUT2D eigenvalue weighted by Crippen LogP contribution is 2.10. The minimum atomic E-state index is -1.01. The Labute approximate surface area is 68.2 Å².